The molecule has 1 unspecified atom stereocenters. The Labute approximate surface area is 127 Å². The first-order valence-corrected chi connectivity index (χ1v) is 6.93. The molecule has 0 aromatic heterocycles. The first kappa shape index (κ1) is 15.9. The van der Waals surface area contributed by atoms with Crippen LogP contribution >= 0.6 is 0 Å². The molecule has 118 valence electrons. The molecule has 0 aliphatic carbocycles. The van der Waals surface area contributed by atoms with Gasteiger partial charge in [-0.25, -0.2) is 0 Å². The molecule has 2 rings (SSSR count). The van der Waals surface area contributed by atoms with Crippen molar-refractivity contribution < 1.29 is 19.2 Å². The number of hydrogen-bond donors (Lipinski definition) is 2. The van der Waals surface area contributed by atoms with E-state index >= 15 is 0 Å². The highest BCUT2D eigenvalue weighted by molar-refractivity contribution is 6.39. The van der Waals surface area contributed by atoms with Crippen molar-refractivity contribution in [2.24, 2.45) is 0 Å². The monoisotopic (exact) mass is 307 g/mol. The summed E-state index contributed by atoms with van der Waals surface area (Å²) < 4.78 is 5.34. The predicted octanol–water partition coefficient (Wildman–Crippen LogP) is 1.14. The summed E-state index contributed by atoms with van der Waals surface area (Å²) in [5.74, 6) is -1.65. The number of nitro groups is 1. The Morgan fingerprint density at radius 3 is 2.82 bits per heavy atom. The van der Waals surface area contributed by atoms with Gasteiger partial charge in [-0.2, -0.15) is 0 Å². The number of hydrogen-bond acceptors (Lipinski definition) is 5. The lowest BCUT2D eigenvalue weighted by molar-refractivity contribution is -0.384. The highest BCUT2D eigenvalue weighted by atomic mass is 16.6. The molecule has 0 saturated carbocycles. The van der Waals surface area contributed by atoms with Gasteiger partial charge >= 0.3 is 11.8 Å². The number of carbonyl (C=O) groups excluding carboxylic acids is 2. The van der Waals surface area contributed by atoms with E-state index in [1.54, 1.807) is 6.92 Å². The Morgan fingerprint density at radius 1 is 1.41 bits per heavy atom. The van der Waals surface area contributed by atoms with Crippen LogP contribution in [0.5, 0.6) is 0 Å². The maximum atomic E-state index is 11.8. The van der Waals surface area contributed by atoms with Gasteiger partial charge in [0.25, 0.3) is 5.69 Å². The van der Waals surface area contributed by atoms with Gasteiger partial charge < -0.3 is 15.4 Å². The smallest absolute Gasteiger partial charge is 0.313 e. The molecule has 1 aliphatic rings. The summed E-state index contributed by atoms with van der Waals surface area (Å²) in [6.45, 7) is 2.63. The number of nitro benzene ring substituents is 1. The second-order valence-electron chi connectivity index (χ2n) is 5.06. The van der Waals surface area contributed by atoms with Crippen molar-refractivity contribution in [2.45, 2.75) is 25.9 Å². The number of benzene rings is 1. The number of nitrogens with one attached hydrogen (secondary N) is 2. The number of rotatable bonds is 4. The number of ether oxygens (including phenoxy) is 1. The fourth-order valence-electron chi connectivity index (χ4n) is 2.13. The maximum absolute atomic E-state index is 11.8. The molecule has 1 fully saturated rings. The van der Waals surface area contributed by atoms with E-state index in [9.17, 15) is 19.7 Å². The summed E-state index contributed by atoms with van der Waals surface area (Å²) in [7, 11) is 0. The highest BCUT2D eigenvalue weighted by Gasteiger charge is 2.20. The molecule has 2 amide bonds. The van der Waals surface area contributed by atoms with Gasteiger partial charge in [-0.3, -0.25) is 19.7 Å². The topological polar surface area (TPSA) is 111 Å². The fourth-order valence-corrected chi connectivity index (χ4v) is 2.13. The normalized spacial score (nSPS) is 17.0. The van der Waals surface area contributed by atoms with Gasteiger partial charge in [0.1, 0.15) is 0 Å². The third-order valence-electron chi connectivity index (χ3n) is 3.40. The van der Waals surface area contributed by atoms with Crippen LogP contribution in [-0.4, -0.2) is 36.0 Å². The van der Waals surface area contributed by atoms with E-state index in [-0.39, 0.29) is 24.0 Å². The average Bonchev–Trinajstić information content (AvgIpc) is 3.00. The number of amides is 2. The summed E-state index contributed by atoms with van der Waals surface area (Å²) in [6, 6.07) is 4.07. The number of carbonyl (C=O) groups is 2. The van der Waals surface area contributed by atoms with Crippen LogP contribution in [0.15, 0.2) is 18.2 Å². The number of aryl methyl sites for hydroxylation is 1. The van der Waals surface area contributed by atoms with Gasteiger partial charge in [0.2, 0.25) is 0 Å². The van der Waals surface area contributed by atoms with Crippen molar-refractivity contribution in [1.82, 2.24) is 5.32 Å². The lowest BCUT2D eigenvalue weighted by Gasteiger charge is -2.11. The van der Waals surface area contributed by atoms with Crippen molar-refractivity contribution >= 4 is 23.2 Å². The van der Waals surface area contributed by atoms with Gasteiger partial charge in [-0.1, -0.05) is 6.07 Å². The van der Waals surface area contributed by atoms with Gasteiger partial charge in [0, 0.05) is 25.3 Å². The summed E-state index contributed by atoms with van der Waals surface area (Å²) >= 11 is 0. The SMILES string of the molecule is Cc1ccc([N+](=O)[O-])cc1NC(=O)C(=O)NCC1CCCO1. The number of nitrogens with zero attached hydrogens (tertiary/aromatic N) is 1. The summed E-state index contributed by atoms with van der Waals surface area (Å²) in [4.78, 5) is 33.7. The van der Waals surface area contributed by atoms with Crippen molar-refractivity contribution in [1.29, 1.82) is 0 Å². The molecule has 0 bridgehead atoms. The zero-order chi connectivity index (χ0) is 16.1. The molecule has 1 heterocycles. The number of anilines is 1. The van der Waals surface area contributed by atoms with Crippen LogP contribution in [0, 0.1) is 17.0 Å². The molecule has 1 saturated heterocycles. The van der Waals surface area contributed by atoms with E-state index in [0.29, 0.717) is 12.2 Å². The van der Waals surface area contributed by atoms with Crippen LogP contribution in [0.4, 0.5) is 11.4 Å². The minimum absolute atomic E-state index is 0.0590. The van der Waals surface area contributed by atoms with E-state index in [1.165, 1.54) is 18.2 Å². The van der Waals surface area contributed by atoms with E-state index < -0.39 is 16.7 Å². The van der Waals surface area contributed by atoms with Crippen LogP contribution < -0.4 is 10.6 Å². The zero-order valence-corrected chi connectivity index (χ0v) is 12.1. The van der Waals surface area contributed by atoms with Crippen LogP contribution in [0.3, 0.4) is 0 Å². The van der Waals surface area contributed by atoms with Crippen LogP contribution in [0.2, 0.25) is 0 Å². The minimum atomic E-state index is -0.860. The summed E-state index contributed by atoms with van der Waals surface area (Å²) in [5.41, 5.74) is 0.720. The molecular weight excluding hydrogens is 290 g/mol. The first-order chi connectivity index (χ1) is 10.5. The Hall–Kier alpha value is -2.48. The third-order valence-corrected chi connectivity index (χ3v) is 3.40. The van der Waals surface area contributed by atoms with Gasteiger partial charge in [0.15, 0.2) is 0 Å². The van der Waals surface area contributed by atoms with Crippen molar-refractivity contribution in [3.63, 3.8) is 0 Å². The minimum Gasteiger partial charge on any atom is -0.376 e. The molecular formula is C14H17N3O5. The Bertz CT molecular complexity index is 596. The molecule has 0 radical (unpaired) electrons. The van der Waals surface area contributed by atoms with Gasteiger partial charge in [-0.05, 0) is 25.3 Å². The molecule has 1 aromatic carbocycles. The summed E-state index contributed by atoms with van der Waals surface area (Å²) in [5, 5.41) is 15.6. The Kier molecular flexibility index (Phi) is 5.05. The van der Waals surface area contributed by atoms with E-state index in [1.807, 2.05) is 0 Å². The van der Waals surface area contributed by atoms with E-state index in [4.69, 9.17) is 4.74 Å². The molecule has 2 N–H and O–H groups in total. The summed E-state index contributed by atoms with van der Waals surface area (Å²) in [6.07, 6.45) is 1.74. The molecule has 8 nitrogen and oxygen atoms in total. The fraction of sp³-hybridized carbons (Fsp3) is 0.429. The molecule has 1 aliphatic heterocycles. The molecule has 1 atom stereocenters. The highest BCUT2D eigenvalue weighted by Crippen LogP contribution is 2.21. The lowest BCUT2D eigenvalue weighted by atomic mass is 10.2. The van der Waals surface area contributed by atoms with E-state index in [0.717, 1.165) is 12.8 Å². The van der Waals surface area contributed by atoms with Crippen molar-refractivity contribution in [2.75, 3.05) is 18.5 Å². The quantitative estimate of drug-likeness (QED) is 0.492. The standard InChI is InChI=1S/C14H17N3O5/c1-9-4-5-10(17(20)21)7-12(9)16-14(19)13(18)15-8-11-3-2-6-22-11/h4-5,7,11H,2-3,6,8H2,1H3,(H,15,18)(H,16,19). The second kappa shape index (κ2) is 6.99. The lowest BCUT2D eigenvalue weighted by Crippen LogP contribution is -2.39. The first-order valence-electron chi connectivity index (χ1n) is 6.93. The Morgan fingerprint density at radius 2 is 2.18 bits per heavy atom. The second-order valence-corrected chi connectivity index (χ2v) is 5.06. The van der Waals surface area contributed by atoms with Crippen LogP contribution in [0.1, 0.15) is 18.4 Å². The van der Waals surface area contributed by atoms with Crippen molar-refractivity contribution in [3.05, 3.63) is 33.9 Å². The third kappa shape index (κ3) is 4.01. The van der Waals surface area contributed by atoms with Crippen LogP contribution in [0.25, 0.3) is 0 Å². The molecule has 22 heavy (non-hydrogen) atoms. The van der Waals surface area contributed by atoms with Crippen molar-refractivity contribution in [3.8, 4) is 0 Å². The van der Waals surface area contributed by atoms with E-state index in [2.05, 4.69) is 10.6 Å². The van der Waals surface area contributed by atoms with Gasteiger partial charge in [-0.15, -0.1) is 0 Å². The Balaban J connectivity index is 1.94. The molecule has 8 heteroatoms. The maximum Gasteiger partial charge on any atom is 0.313 e. The van der Waals surface area contributed by atoms with Crippen LogP contribution in [-0.2, 0) is 14.3 Å². The average molecular weight is 307 g/mol. The predicted molar refractivity (Wildman–Crippen MR) is 78.4 cm³/mol. The largest absolute Gasteiger partial charge is 0.376 e. The molecule has 0 spiro atoms. The van der Waals surface area contributed by atoms with Gasteiger partial charge in [0.05, 0.1) is 16.7 Å². The zero-order valence-electron chi connectivity index (χ0n) is 12.1. The number of non-ortho nitro benzene ring substituents is 1. The molecule has 1 aromatic rings.